The summed E-state index contributed by atoms with van der Waals surface area (Å²) in [4.78, 5) is 0. The van der Waals surface area contributed by atoms with Crippen LogP contribution in [-0.4, -0.2) is 22.3 Å². The minimum Gasteiger partial charge on any atom is -0.383 e. The van der Waals surface area contributed by atoms with Crippen LogP contribution in [0.25, 0.3) is 6.08 Å². The molecule has 0 saturated heterocycles. The molecule has 4 heteroatoms. The highest BCUT2D eigenvalue weighted by Crippen LogP contribution is 2.32. The minimum absolute atomic E-state index is 0.277. The van der Waals surface area contributed by atoms with E-state index in [1.807, 2.05) is 36.4 Å². The first-order valence-electron chi connectivity index (χ1n) is 5.20. The molecule has 0 bridgehead atoms. The molecule has 3 N–H and O–H groups in total. The number of hydrogen-bond acceptors (Lipinski definition) is 4. The van der Waals surface area contributed by atoms with Gasteiger partial charge in [0.1, 0.15) is 11.2 Å². The Kier molecular flexibility index (Phi) is 3.35. The minimum atomic E-state index is -0.963. The number of aliphatic hydroxyl groups is 2. The summed E-state index contributed by atoms with van der Waals surface area (Å²) in [5.74, 6) is 0. The number of rotatable bonds is 3. The quantitative estimate of drug-likeness (QED) is 0.470. The van der Waals surface area contributed by atoms with Gasteiger partial charge in [-0.1, -0.05) is 36.4 Å². The van der Waals surface area contributed by atoms with E-state index in [9.17, 15) is 5.11 Å². The predicted molar refractivity (Wildman–Crippen MR) is 67.0 cm³/mol. The molecule has 1 aliphatic carbocycles. The Morgan fingerprint density at radius 3 is 2.94 bits per heavy atom. The van der Waals surface area contributed by atoms with Gasteiger partial charge in [-0.25, -0.2) is 0 Å². The fourth-order valence-electron chi connectivity index (χ4n) is 1.98. The normalized spacial score (nSPS) is 25.2. The molecule has 0 heterocycles. The Morgan fingerprint density at radius 2 is 2.19 bits per heavy atom. The van der Waals surface area contributed by atoms with Crippen LogP contribution in [-0.2, 0) is 5.60 Å². The van der Waals surface area contributed by atoms with Gasteiger partial charge in [0.25, 0.3) is 0 Å². The van der Waals surface area contributed by atoms with Crippen molar-refractivity contribution in [3.05, 3.63) is 41.5 Å². The summed E-state index contributed by atoms with van der Waals surface area (Å²) in [5, 5.41) is 22.3. The van der Waals surface area contributed by atoms with E-state index in [0.29, 0.717) is 6.42 Å². The average molecular weight is 237 g/mol. The maximum Gasteiger partial charge on any atom is 0.150 e. The van der Waals surface area contributed by atoms with E-state index in [2.05, 4.69) is 17.9 Å². The molecule has 2 atom stereocenters. The van der Waals surface area contributed by atoms with E-state index in [0.717, 1.165) is 11.1 Å². The first-order valence-corrected chi connectivity index (χ1v) is 5.71. The number of aliphatic hydroxyl groups excluding tert-OH is 1. The van der Waals surface area contributed by atoms with E-state index in [1.54, 1.807) is 0 Å². The number of hydrogen-bond donors (Lipinski definition) is 4. The van der Waals surface area contributed by atoms with Gasteiger partial charge in [0.2, 0.25) is 0 Å². The van der Waals surface area contributed by atoms with E-state index in [4.69, 9.17) is 5.11 Å². The Morgan fingerprint density at radius 1 is 1.44 bits per heavy atom. The lowest BCUT2D eigenvalue weighted by Crippen LogP contribution is -2.41. The molecular weight excluding hydrogens is 222 g/mol. The molecule has 0 saturated carbocycles. The van der Waals surface area contributed by atoms with Crippen LogP contribution >= 0.6 is 12.6 Å². The lowest BCUT2D eigenvalue weighted by Gasteiger charge is -2.32. The molecule has 2 rings (SSSR count). The second kappa shape index (κ2) is 4.59. The lowest BCUT2D eigenvalue weighted by molar-refractivity contribution is 0.0290. The van der Waals surface area contributed by atoms with Crippen molar-refractivity contribution in [3.8, 4) is 0 Å². The smallest absolute Gasteiger partial charge is 0.150 e. The van der Waals surface area contributed by atoms with E-state index >= 15 is 0 Å². The van der Waals surface area contributed by atoms with Crippen LogP contribution in [0.15, 0.2) is 30.3 Å². The Hall–Kier alpha value is -0.810. The molecule has 0 aromatic heterocycles. The van der Waals surface area contributed by atoms with Gasteiger partial charge in [-0.15, -0.1) is 12.6 Å². The Labute approximate surface area is 100 Å². The van der Waals surface area contributed by atoms with Crippen LogP contribution in [0.5, 0.6) is 0 Å². The van der Waals surface area contributed by atoms with Crippen molar-refractivity contribution in [3.63, 3.8) is 0 Å². The second-order valence-electron chi connectivity index (χ2n) is 3.98. The second-order valence-corrected chi connectivity index (χ2v) is 4.47. The van der Waals surface area contributed by atoms with Crippen molar-refractivity contribution in [1.29, 1.82) is 0 Å². The zero-order valence-electron chi connectivity index (χ0n) is 8.80. The number of fused-ring (bicyclic) bond motifs is 1. The third-order valence-electron chi connectivity index (χ3n) is 2.79. The Bertz CT molecular complexity index is 406. The van der Waals surface area contributed by atoms with E-state index in [-0.39, 0.29) is 6.54 Å². The molecule has 16 heavy (non-hydrogen) atoms. The highest BCUT2D eigenvalue weighted by molar-refractivity contribution is 7.80. The van der Waals surface area contributed by atoms with Crippen molar-refractivity contribution in [2.75, 3.05) is 6.54 Å². The zero-order valence-corrected chi connectivity index (χ0v) is 9.69. The van der Waals surface area contributed by atoms with Crippen molar-refractivity contribution in [2.45, 2.75) is 17.6 Å². The number of thiol groups is 1. The molecule has 0 spiro atoms. The van der Waals surface area contributed by atoms with Crippen LogP contribution < -0.4 is 5.32 Å². The average Bonchev–Trinajstić information content (AvgIpc) is 2.27. The van der Waals surface area contributed by atoms with Crippen molar-refractivity contribution in [2.24, 2.45) is 0 Å². The van der Waals surface area contributed by atoms with Gasteiger partial charge in [0, 0.05) is 6.54 Å². The molecule has 0 aliphatic heterocycles. The van der Waals surface area contributed by atoms with E-state index < -0.39 is 11.2 Å². The molecule has 1 aromatic carbocycles. The van der Waals surface area contributed by atoms with Crippen molar-refractivity contribution >= 4 is 18.7 Å². The molecule has 0 unspecified atom stereocenters. The summed E-state index contributed by atoms with van der Waals surface area (Å²) in [7, 11) is 0. The topological polar surface area (TPSA) is 52.5 Å². The van der Waals surface area contributed by atoms with Crippen LogP contribution in [0.1, 0.15) is 17.5 Å². The first kappa shape index (κ1) is 11.7. The van der Waals surface area contributed by atoms with Crippen LogP contribution in [0.2, 0.25) is 0 Å². The van der Waals surface area contributed by atoms with Gasteiger partial charge in [-0.05, 0) is 17.5 Å². The maximum absolute atomic E-state index is 10.5. The summed E-state index contributed by atoms with van der Waals surface area (Å²) in [6, 6.07) is 7.72. The van der Waals surface area contributed by atoms with Gasteiger partial charge in [0.15, 0.2) is 0 Å². The molecule has 1 aromatic rings. The molecule has 0 amide bonds. The molecule has 86 valence electrons. The summed E-state index contributed by atoms with van der Waals surface area (Å²) in [5.41, 5.74) is 0.0301. The third kappa shape index (κ3) is 2.30. The number of nitrogens with one attached hydrogen (secondary N) is 1. The molecular formula is C12H15NO2S. The van der Waals surface area contributed by atoms with Crippen LogP contribution in [0.3, 0.4) is 0 Å². The largest absolute Gasteiger partial charge is 0.383 e. The van der Waals surface area contributed by atoms with Gasteiger partial charge in [-0.3, -0.25) is 5.32 Å². The lowest BCUT2D eigenvalue weighted by atomic mass is 9.83. The SMILES string of the molecule is O[C@@H](S)NC[C@]1(O)CC=Cc2ccccc21. The maximum atomic E-state index is 10.5. The van der Waals surface area contributed by atoms with Gasteiger partial charge >= 0.3 is 0 Å². The number of benzene rings is 1. The fraction of sp³-hybridized carbons (Fsp3) is 0.333. The molecule has 0 fully saturated rings. The summed E-state index contributed by atoms with van der Waals surface area (Å²) in [6.07, 6.45) is 4.48. The summed E-state index contributed by atoms with van der Waals surface area (Å²) >= 11 is 3.82. The Balaban J connectivity index is 2.26. The van der Waals surface area contributed by atoms with Crippen molar-refractivity contribution in [1.82, 2.24) is 5.32 Å². The molecule has 0 radical (unpaired) electrons. The molecule has 3 nitrogen and oxygen atoms in total. The standard InChI is InChI=1S/C12H15NO2S/c14-11(16)13-8-12(15)7-3-5-9-4-1-2-6-10(9)12/h1-6,11,13-16H,7-8H2/t11-,12+/m0/s1. The van der Waals surface area contributed by atoms with Crippen LogP contribution in [0, 0.1) is 0 Å². The monoisotopic (exact) mass is 237 g/mol. The van der Waals surface area contributed by atoms with Crippen LogP contribution in [0.4, 0.5) is 0 Å². The van der Waals surface area contributed by atoms with E-state index in [1.165, 1.54) is 0 Å². The van der Waals surface area contributed by atoms with Crippen molar-refractivity contribution < 1.29 is 10.2 Å². The first-order chi connectivity index (χ1) is 7.62. The highest BCUT2D eigenvalue weighted by Gasteiger charge is 2.31. The fourth-order valence-corrected chi connectivity index (χ4v) is 2.08. The summed E-state index contributed by atoms with van der Waals surface area (Å²) in [6.45, 7) is 0.277. The molecule has 1 aliphatic rings. The zero-order chi connectivity index (χ0) is 11.6. The van der Waals surface area contributed by atoms with Gasteiger partial charge < -0.3 is 10.2 Å². The third-order valence-corrected chi connectivity index (χ3v) is 2.97. The summed E-state index contributed by atoms with van der Waals surface area (Å²) < 4.78 is 0. The van der Waals surface area contributed by atoms with Gasteiger partial charge in [0.05, 0.1) is 0 Å². The highest BCUT2D eigenvalue weighted by atomic mass is 32.1. The predicted octanol–water partition coefficient (Wildman–Crippen LogP) is 1.09. The van der Waals surface area contributed by atoms with Gasteiger partial charge in [-0.2, -0.15) is 0 Å².